The smallest absolute Gasteiger partial charge is 0.329 e. The van der Waals surface area contributed by atoms with Crippen molar-refractivity contribution in [2.45, 2.75) is 50.6 Å². The third kappa shape index (κ3) is 2.44. The number of carboxylic acids is 1. The van der Waals surface area contributed by atoms with Gasteiger partial charge in [0.2, 0.25) is 5.91 Å². The number of carbonyl (C=O) groups is 2. The Morgan fingerprint density at radius 3 is 2.35 bits per heavy atom. The Balaban J connectivity index is 1.98. The van der Waals surface area contributed by atoms with E-state index in [4.69, 9.17) is 5.73 Å². The van der Waals surface area contributed by atoms with E-state index in [1.807, 2.05) is 0 Å². The van der Waals surface area contributed by atoms with Crippen molar-refractivity contribution >= 4 is 11.9 Å². The van der Waals surface area contributed by atoms with Crippen molar-refractivity contribution in [1.82, 2.24) is 5.32 Å². The second kappa shape index (κ2) is 4.29. The molecule has 0 bridgehead atoms. The maximum Gasteiger partial charge on any atom is 0.329 e. The van der Waals surface area contributed by atoms with Gasteiger partial charge in [-0.15, -0.1) is 0 Å². The molecule has 2 aliphatic rings. The first-order valence-corrected chi connectivity index (χ1v) is 6.24. The molecule has 3 unspecified atom stereocenters. The molecule has 2 saturated carbocycles. The van der Waals surface area contributed by atoms with E-state index in [1.54, 1.807) is 6.92 Å². The first kappa shape index (κ1) is 12.4. The number of nitrogens with one attached hydrogen (secondary N) is 1. The van der Waals surface area contributed by atoms with Crippen LogP contribution in [-0.2, 0) is 9.59 Å². The highest BCUT2D eigenvalue weighted by Crippen LogP contribution is 2.40. The molecule has 5 nitrogen and oxygen atoms in total. The van der Waals surface area contributed by atoms with E-state index in [0.29, 0.717) is 6.42 Å². The molecule has 2 fully saturated rings. The summed E-state index contributed by atoms with van der Waals surface area (Å²) < 4.78 is 0. The van der Waals surface area contributed by atoms with Crippen LogP contribution in [0.2, 0.25) is 0 Å². The lowest BCUT2D eigenvalue weighted by Crippen LogP contribution is -2.55. The normalized spacial score (nSPS) is 31.9. The third-order valence-corrected chi connectivity index (χ3v) is 4.06. The van der Waals surface area contributed by atoms with Crippen LogP contribution < -0.4 is 11.1 Å². The number of aliphatic carboxylic acids is 1. The second-order valence-electron chi connectivity index (χ2n) is 5.54. The van der Waals surface area contributed by atoms with Crippen molar-refractivity contribution < 1.29 is 14.7 Å². The summed E-state index contributed by atoms with van der Waals surface area (Å²) in [6.07, 6.45) is 4.06. The van der Waals surface area contributed by atoms with Crippen LogP contribution in [0.4, 0.5) is 0 Å². The Hall–Kier alpha value is -1.10. The van der Waals surface area contributed by atoms with Crippen LogP contribution in [-0.4, -0.2) is 28.6 Å². The molecule has 0 saturated heterocycles. The lowest BCUT2D eigenvalue weighted by Gasteiger charge is -2.27. The van der Waals surface area contributed by atoms with Gasteiger partial charge in [0.1, 0.15) is 5.54 Å². The zero-order chi connectivity index (χ0) is 12.6. The van der Waals surface area contributed by atoms with Crippen LogP contribution in [0, 0.1) is 11.8 Å². The molecule has 5 heteroatoms. The van der Waals surface area contributed by atoms with E-state index >= 15 is 0 Å². The van der Waals surface area contributed by atoms with E-state index < -0.39 is 11.5 Å². The quantitative estimate of drug-likeness (QED) is 0.666. The van der Waals surface area contributed by atoms with Gasteiger partial charge in [0.15, 0.2) is 0 Å². The van der Waals surface area contributed by atoms with Gasteiger partial charge >= 0.3 is 5.97 Å². The minimum atomic E-state index is -1.09. The maximum absolute atomic E-state index is 12.0. The molecule has 3 atom stereocenters. The molecule has 0 aromatic rings. The minimum Gasteiger partial charge on any atom is -0.480 e. The molecule has 0 spiro atoms. The number of hydrogen-bond acceptors (Lipinski definition) is 3. The molecular formula is C12H20N2O3. The number of nitrogens with two attached hydrogens (primary N) is 1. The summed E-state index contributed by atoms with van der Waals surface area (Å²) in [4.78, 5) is 23.3. The first-order valence-electron chi connectivity index (χ1n) is 6.24. The second-order valence-corrected chi connectivity index (χ2v) is 5.54. The fraction of sp³-hybridized carbons (Fsp3) is 0.833. The van der Waals surface area contributed by atoms with E-state index in [1.165, 1.54) is 0 Å². The van der Waals surface area contributed by atoms with Crippen LogP contribution >= 0.6 is 0 Å². The van der Waals surface area contributed by atoms with Crippen LogP contribution in [0.1, 0.15) is 39.0 Å². The zero-order valence-corrected chi connectivity index (χ0v) is 10.1. The number of rotatable bonds is 4. The third-order valence-electron chi connectivity index (χ3n) is 4.06. The summed E-state index contributed by atoms with van der Waals surface area (Å²) >= 11 is 0. The fourth-order valence-electron chi connectivity index (χ4n) is 2.60. The van der Waals surface area contributed by atoms with Gasteiger partial charge in [0.25, 0.3) is 0 Å². The van der Waals surface area contributed by atoms with Crippen LogP contribution in [0.5, 0.6) is 0 Å². The molecule has 0 aliphatic heterocycles. The van der Waals surface area contributed by atoms with Gasteiger partial charge in [0.05, 0.1) is 0 Å². The molecule has 2 rings (SSSR count). The summed E-state index contributed by atoms with van der Waals surface area (Å²) in [5.41, 5.74) is 4.67. The van der Waals surface area contributed by atoms with Crippen molar-refractivity contribution in [1.29, 1.82) is 0 Å². The molecule has 0 heterocycles. The Labute approximate surface area is 101 Å². The zero-order valence-electron chi connectivity index (χ0n) is 10.1. The SMILES string of the molecule is CC(NC(=O)C1CCC(N)C1)(C(=O)O)C1CC1. The maximum atomic E-state index is 12.0. The molecule has 0 aromatic carbocycles. The number of hydrogen-bond donors (Lipinski definition) is 3. The molecular weight excluding hydrogens is 220 g/mol. The van der Waals surface area contributed by atoms with Gasteiger partial charge < -0.3 is 16.2 Å². The predicted octanol–water partition coefficient (Wildman–Crippen LogP) is 0.483. The monoisotopic (exact) mass is 240 g/mol. The standard InChI is InChI=1S/C12H20N2O3/c1-12(11(16)17,8-3-4-8)14-10(15)7-2-5-9(13)6-7/h7-9H,2-6,13H2,1H3,(H,14,15)(H,16,17). The molecule has 4 N–H and O–H groups in total. The van der Waals surface area contributed by atoms with Gasteiger partial charge in [-0.05, 0) is 44.9 Å². The predicted molar refractivity (Wildman–Crippen MR) is 62.2 cm³/mol. The summed E-state index contributed by atoms with van der Waals surface area (Å²) in [6, 6.07) is 0.0859. The molecule has 0 radical (unpaired) electrons. The van der Waals surface area contributed by atoms with Gasteiger partial charge in [-0.25, -0.2) is 4.79 Å². The lowest BCUT2D eigenvalue weighted by molar-refractivity contribution is -0.148. The number of carbonyl (C=O) groups excluding carboxylic acids is 1. The highest BCUT2D eigenvalue weighted by Gasteiger charge is 2.49. The van der Waals surface area contributed by atoms with Crippen LogP contribution in [0.3, 0.4) is 0 Å². The van der Waals surface area contributed by atoms with Gasteiger partial charge in [-0.1, -0.05) is 0 Å². The topological polar surface area (TPSA) is 92.4 Å². The van der Waals surface area contributed by atoms with Crippen molar-refractivity contribution in [3.8, 4) is 0 Å². The fourth-order valence-corrected chi connectivity index (χ4v) is 2.60. The Morgan fingerprint density at radius 2 is 1.94 bits per heavy atom. The van der Waals surface area contributed by atoms with Gasteiger partial charge in [-0.2, -0.15) is 0 Å². The Kier molecular flexibility index (Phi) is 3.12. The Bertz CT molecular complexity index is 341. The van der Waals surface area contributed by atoms with Crippen molar-refractivity contribution in [3.05, 3.63) is 0 Å². The molecule has 17 heavy (non-hydrogen) atoms. The summed E-state index contributed by atoms with van der Waals surface area (Å²) in [7, 11) is 0. The van der Waals surface area contributed by atoms with Crippen molar-refractivity contribution in [2.75, 3.05) is 0 Å². The average Bonchev–Trinajstić information content (AvgIpc) is 3.01. The van der Waals surface area contributed by atoms with Crippen LogP contribution in [0.25, 0.3) is 0 Å². The molecule has 96 valence electrons. The molecule has 0 aromatic heterocycles. The van der Waals surface area contributed by atoms with Crippen molar-refractivity contribution in [3.63, 3.8) is 0 Å². The average molecular weight is 240 g/mol. The van der Waals surface area contributed by atoms with Crippen LogP contribution in [0.15, 0.2) is 0 Å². The largest absolute Gasteiger partial charge is 0.480 e. The summed E-state index contributed by atoms with van der Waals surface area (Å²) in [5.74, 6) is -1.10. The minimum absolute atomic E-state index is 0.0824. The first-order chi connectivity index (χ1) is 7.93. The summed E-state index contributed by atoms with van der Waals surface area (Å²) in [5, 5.41) is 12.0. The highest BCUT2D eigenvalue weighted by atomic mass is 16.4. The summed E-state index contributed by atoms with van der Waals surface area (Å²) in [6.45, 7) is 1.61. The van der Waals surface area contributed by atoms with E-state index in [-0.39, 0.29) is 23.8 Å². The highest BCUT2D eigenvalue weighted by molar-refractivity contribution is 5.88. The number of amides is 1. The van der Waals surface area contributed by atoms with E-state index in [9.17, 15) is 14.7 Å². The lowest BCUT2D eigenvalue weighted by atomic mass is 9.94. The van der Waals surface area contributed by atoms with Gasteiger partial charge in [-0.3, -0.25) is 4.79 Å². The molecule has 1 amide bonds. The number of carboxylic acid groups (broad SMARTS) is 1. The van der Waals surface area contributed by atoms with E-state index in [2.05, 4.69) is 5.32 Å². The van der Waals surface area contributed by atoms with Gasteiger partial charge in [0, 0.05) is 12.0 Å². The van der Waals surface area contributed by atoms with Crippen molar-refractivity contribution in [2.24, 2.45) is 17.6 Å². The van der Waals surface area contributed by atoms with E-state index in [0.717, 1.165) is 25.7 Å². The Morgan fingerprint density at radius 1 is 1.29 bits per heavy atom. The molecule has 2 aliphatic carbocycles.